The van der Waals surface area contributed by atoms with Crippen LogP contribution in [-0.4, -0.2) is 25.0 Å². The van der Waals surface area contributed by atoms with E-state index in [-0.39, 0.29) is 11.9 Å². The number of fused-ring (bicyclic) bond motifs is 1. The van der Waals surface area contributed by atoms with Crippen LogP contribution in [0.5, 0.6) is 5.75 Å². The lowest BCUT2D eigenvalue weighted by molar-refractivity contribution is 0.0695. The number of amides is 1. The number of carbonyl (C=O) groups is 1. The summed E-state index contributed by atoms with van der Waals surface area (Å²) in [4.78, 5) is 14.4. The predicted molar refractivity (Wildman–Crippen MR) is 86.7 cm³/mol. The van der Waals surface area contributed by atoms with Crippen molar-refractivity contribution in [3.63, 3.8) is 0 Å². The van der Waals surface area contributed by atoms with E-state index in [1.165, 1.54) is 0 Å². The van der Waals surface area contributed by atoms with Gasteiger partial charge in [-0.3, -0.25) is 4.79 Å². The number of carbonyl (C=O) groups excluding carboxylic acids is 1. The number of furan rings is 2. The van der Waals surface area contributed by atoms with Gasteiger partial charge in [-0.25, -0.2) is 0 Å². The van der Waals surface area contributed by atoms with Crippen LogP contribution in [0.4, 0.5) is 0 Å². The van der Waals surface area contributed by atoms with Crippen molar-refractivity contribution in [1.29, 1.82) is 0 Å². The van der Waals surface area contributed by atoms with Gasteiger partial charge in [0.05, 0.1) is 19.4 Å². The summed E-state index contributed by atoms with van der Waals surface area (Å²) >= 11 is 0. The summed E-state index contributed by atoms with van der Waals surface area (Å²) in [5.74, 6) is 1.63. The Morgan fingerprint density at radius 2 is 2.09 bits per heavy atom. The van der Waals surface area contributed by atoms with Gasteiger partial charge in [0, 0.05) is 18.0 Å². The lowest BCUT2D eigenvalue weighted by Gasteiger charge is -2.22. The molecule has 0 N–H and O–H groups in total. The SMILES string of the molecule is COc1ccc2oc(C(=O)N(C)C(C)c3ccco3)c(C)c2c1. The minimum atomic E-state index is -0.181. The maximum atomic E-state index is 12.8. The number of aryl methyl sites for hydroxylation is 1. The maximum Gasteiger partial charge on any atom is 0.290 e. The highest BCUT2D eigenvalue weighted by Crippen LogP contribution is 2.30. The number of hydrogen-bond acceptors (Lipinski definition) is 4. The number of methoxy groups -OCH3 is 1. The highest BCUT2D eigenvalue weighted by molar-refractivity contribution is 5.99. The van der Waals surface area contributed by atoms with Crippen LogP contribution in [0.1, 0.15) is 34.8 Å². The van der Waals surface area contributed by atoms with Crippen molar-refractivity contribution in [3.8, 4) is 5.75 Å². The Kier molecular flexibility index (Phi) is 3.86. The van der Waals surface area contributed by atoms with Crippen molar-refractivity contribution in [2.45, 2.75) is 19.9 Å². The van der Waals surface area contributed by atoms with Crippen molar-refractivity contribution in [3.05, 3.63) is 53.7 Å². The van der Waals surface area contributed by atoms with E-state index in [4.69, 9.17) is 13.6 Å². The third-order valence-corrected chi connectivity index (χ3v) is 4.19. The molecule has 0 aliphatic carbocycles. The molecule has 5 nitrogen and oxygen atoms in total. The van der Waals surface area contributed by atoms with E-state index >= 15 is 0 Å². The molecule has 5 heteroatoms. The van der Waals surface area contributed by atoms with Crippen LogP contribution in [0.2, 0.25) is 0 Å². The fourth-order valence-electron chi connectivity index (χ4n) is 2.59. The molecule has 1 aromatic carbocycles. The predicted octanol–water partition coefficient (Wildman–Crippen LogP) is 4.18. The summed E-state index contributed by atoms with van der Waals surface area (Å²) in [6, 6.07) is 8.98. The zero-order chi connectivity index (χ0) is 16.6. The van der Waals surface area contributed by atoms with Gasteiger partial charge in [-0.2, -0.15) is 0 Å². The molecule has 1 unspecified atom stereocenters. The van der Waals surface area contributed by atoms with Crippen LogP contribution >= 0.6 is 0 Å². The quantitative estimate of drug-likeness (QED) is 0.725. The summed E-state index contributed by atoms with van der Waals surface area (Å²) < 4.78 is 16.4. The second-order valence-electron chi connectivity index (χ2n) is 5.53. The molecule has 23 heavy (non-hydrogen) atoms. The first-order valence-electron chi connectivity index (χ1n) is 7.40. The van der Waals surface area contributed by atoms with Crippen LogP contribution in [0.3, 0.4) is 0 Å². The Balaban J connectivity index is 1.96. The molecule has 0 saturated heterocycles. The van der Waals surface area contributed by atoms with Crippen molar-refractivity contribution in [2.75, 3.05) is 14.2 Å². The van der Waals surface area contributed by atoms with Crippen LogP contribution in [0.15, 0.2) is 45.4 Å². The van der Waals surface area contributed by atoms with E-state index in [1.807, 2.05) is 44.2 Å². The lowest BCUT2D eigenvalue weighted by atomic mass is 10.1. The molecular formula is C18H19NO4. The summed E-state index contributed by atoms with van der Waals surface area (Å²) in [7, 11) is 3.35. The monoisotopic (exact) mass is 313 g/mol. The molecule has 3 rings (SSSR count). The molecular weight excluding hydrogens is 294 g/mol. The first kappa shape index (κ1) is 15.2. The van der Waals surface area contributed by atoms with Gasteiger partial charge in [0.15, 0.2) is 5.76 Å². The highest BCUT2D eigenvalue weighted by atomic mass is 16.5. The van der Waals surface area contributed by atoms with Crippen LogP contribution in [0, 0.1) is 6.92 Å². The van der Waals surface area contributed by atoms with Gasteiger partial charge in [-0.15, -0.1) is 0 Å². The largest absolute Gasteiger partial charge is 0.497 e. The van der Waals surface area contributed by atoms with E-state index in [0.29, 0.717) is 11.3 Å². The maximum absolute atomic E-state index is 12.8. The topological polar surface area (TPSA) is 55.8 Å². The van der Waals surface area contributed by atoms with Gasteiger partial charge in [-0.1, -0.05) is 0 Å². The molecule has 0 bridgehead atoms. The van der Waals surface area contributed by atoms with Gasteiger partial charge in [0.25, 0.3) is 5.91 Å². The number of rotatable bonds is 4. The van der Waals surface area contributed by atoms with Gasteiger partial charge >= 0.3 is 0 Å². The third-order valence-electron chi connectivity index (χ3n) is 4.19. The third kappa shape index (κ3) is 2.59. The molecule has 0 aliphatic heterocycles. The molecule has 0 saturated carbocycles. The molecule has 3 aromatic rings. The second kappa shape index (κ2) is 5.83. The van der Waals surface area contributed by atoms with Crippen molar-refractivity contribution in [2.24, 2.45) is 0 Å². The van der Waals surface area contributed by atoms with Crippen molar-refractivity contribution < 1.29 is 18.4 Å². The van der Waals surface area contributed by atoms with Gasteiger partial charge < -0.3 is 18.5 Å². The van der Waals surface area contributed by atoms with Gasteiger partial charge in [0.2, 0.25) is 0 Å². The Hall–Kier alpha value is -2.69. The Morgan fingerprint density at radius 3 is 2.74 bits per heavy atom. The molecule has 120 valence electrons. The number of ether oxygens (including phenoxy) is 1. The molecule has 1 amide bonds. The average molecular weight is 313 g/mol. The average Bonchev–Trinajstić information content (AvgIpc) is 3.21. The molecule has 0 aliphatic rings. The fraction of sp³-hybridized carbons (Fsp3) is 0.278. The zero-order valence-corrected chi connectivity index (χ0v) is 13.6. The molecule has 0 radical (unpaired) electrons. The number of hydrogen-bond donors (Lipinski definition) is 0. The first-order chi connectivity index (χ1) is 11.0. The molecule has 1 atom stereocenters. The Bertz CT molecular complexity index is 832. The van der Waals surface area contributed by atoms with Crippen molar-refractivity contribution >= 4 is 16.9 Å². The first-order valence-corrected chi connectivity index (χ1v) is 7.40. The summed E-state index contributed by atoms with van der Waals surface area (Å²) in [6.45, 7) is 3.79. The Labute approximate surface area is 134 Å². The molecule has 0 fully saturated rings. The van der Waals surface area contributed by atoms with Crippen LogP contribution in [0.25, 0.3) is 11.0 Å². The standard InChI is InChI=1S/C18H19NO4/c1-11-14-10-13(21-4)7-8-16(14)23-17(11)18(20)19(3)12(2)15-6-5-9-22-15/h5-10,12H,1-4H3. The highest BCUT2D eigenvalue weighted by Gasteiger charge is 2.26. The Morgan fingerprint density at radius 1 is 1.30 bits per heavy atom. The minimum absolute atomic E-state index is 0.179. The lowest BCUT2D eigenvalue weighted by Crippen LogP contribution is -2.29. The summed E-state index contributed by atoms with van der Waals surface area (Å²) in [5, 5.41) is 0.881. The van der Waals surface area contributed by atoms with Gasteiger partial charge in [-0.05, 0) is 44.2 Å². The van der Waals surface area contributed by atoms with E-state index in [9.17, 15) is 4.79 Å². The summed E-state index contributed by atoms with van der Waals surface area (Å²) in [5.41, 5.74) is 1.48. The molecule has 2 aromatic heterocycles. The zero-order valence-electron chi connectivity index (χ0n) is 13.6. The van der Waals surface area contributed by atoms with E-state index in [2.05, 4.69) is 0 Å². The number of benzene rings is 1. The summed E-state index contributed by atoms with van der Waals surface area (Å²) in [6.07, 6.45) is 1.60. The van der Waals surface area contributed by atoms with Crippen LogP contribution in [-0.2, 0) is 0 Å². The van der Waals surface area contributed by atoms with Crippen LogP contribution < -0.4 is 4.74 Å². The molecule has 0 spiro atoms. The second-order valence-corrected chi connectivity index (χ2v) is 5.53. The normalized spacial score (nSPS) is 12.3. The molecule has 2 heterocycles. The van der Waals surface area contributed by atoms with Gasteiger partial charge in [0.1, 0.15) is 17.1 Å². The van der Waals surface area contributed by atoms with Crippen molar-refractivity contribution in [1.82, 2.24) is 4.90 Å². The van der Waals surface area contributed by atoms with E-state index < -0.39 is 0 Å². The van der Waals surface area contributed by atoms with E-state index in [1.54, 1.807) is 25.3 Å². The minimum Gasteiger partial charge on any atom is -0.497 e. The fourth-order valence-corrected chi connectivity index (χ4v) is 2.59. The number of nitrogens with zero attached hydrogens (tertiary/aromatic N) is 1. The smallest absolute Gasteiger partial charge is 0.290 e. The van der Waals surface area contributed by atoms with E-state index in [0.717, 1.165) is 22.5 Å².